The Morgan fingerprint density at radius 1 is 1.13 bits per heavy atom. The average Bonchev–Trinajstić information content (AvgIpc) is 3.80. The molecule has 2 aliphatic heterocycles. The van der Waals surface area contributed by atoms with E-state index >= 15 is 0 Å². The van der Waals surface area contributed by atoms with E-state index in [1.807, 2.05) is 41.3 Å². The molecule has 2 atom stereocenters. The molecule has 1 aliphatic carbocycles. The molecule has 2 aromatic rings. The number of carbonyl (C=O) groups excluding carboxylic acids is 3. The van der Waals surface area contributed by atoms with Gasteiger partial charge in [-0.1, -0.05) is 30.3 Å². The minimum atomic E-state index is -0.295. The van der Waals surface area contributed by atoms with Crippen LogP contribution in [-0.4, -0.2) is 70.3 Å². The van der Waals surface area contributed by atoms with Crippen LogP contribution in [0.15, 0.2) is 48.5 Å². The van der Waals surface area contributed by atoms with Gasteiger partial charge in [0.2, 0.25) is 11.8 Å². The van der Waals surface area contributed by atoms with Crippen molar-refractivity contribution in [3.05, 3.63) is 54.1 Å². The Morgan fingerprint density at radius 2 is 1.92 bits per heavy atom. The number of methoxy groups -OCH3 is 1. The molecule has 0 unspecified atom stereocenters. The van der Waals surface area contributed by atoms with Crippen molar-refractivity contribution in [1.29, 1.82) is 0 Å². The summed E-state index contributed by atoms with van der Waals surface area (Å²) in [7, 11) is 1.64. The second kappa shape index (κ2) is 12.6. The summed E-state index contributed by atoms with van der Waals surface area (Å²) in [5.41, 5.74) is 2.64. The molecule has 0 aromatic heterocycles. The zero-order valence-corrected chi connectivity index (χ0v) is 22.6. The second-order valence-corrected chi connectivity index (χ2v) is 10.6. The van der Waals surface area contributed by atoms with Crippen LogP contribution in [0.25, 0.3) is 0 Å². The van der Waals surface area contributed by atoms with Gasteiger partial charge in [-0.05, 0) is 55.9 Å². The van der Waals surface area contributed by atoms with E-state index in [1.54, 1.807) is 12.0 Å². The Labute approximate surface area is 229 Å². The van der Waals surface area contributed by atoms with Gasteiger partial charge < -0.3 is 29.9 Å². The lowest BCUT2D eigenvalue weighted by atomic mass is 9.88. The highest BCUT2D eigenvalue weighted by molar-refractivity contribution is 6.01. The number of fused-ring (bicyclic) bond motifs is 1. The van der Waals surface area contributed by atoms with Crippen LogP contribution in [-0.2, 0) is 25.5 Å². The summed E-state index contributed by atoms with van der Waals surface area (Å²) in [6.45, 7) is 2.78. The van der Waals surface area contributed by atoms with E-state index in [1.165, 1.54) is 5.56 Å². The van der Waals surface area contributed by atoms with Crippen LogP contribution in [0, 0.1) is 11.8 Å². The molecule has 0 radical (unpaired) electrons. The third-order valence-electron chi connectivity index (χ3n) is 7.67. The van der Waals surface area contributed by atoms with Crippen LogP contribution in [0.2, 0.25) is 0 Å². The molecule has 0 spiro atoms. The van der Waals surface area contributed by atoms with Gasteiger partial charge in [0.1, 0.15) is 5.75 Å². The van der Waals surface area contributed by atoms with E-state index in [2.05, 4.69) is 22.8 Å². The second-order valence-electron chi connectivity index (χ2n) is 10.6. The van der Waals surface area contributed by atoms with Crippen LogP contribution in [0.5, 0.6) is 5.75 Å². The largest absolute Gasteiger partial charge is 0.482 e. The minimum Gasteiger partial charge on any atom is -0.482 e. The topological polar surface area (TPSA) is 100 Å². The lowest BCUT2D eigenvalue weighted by molar-refractivity contribution is -0.128. The van der Waals surface area contributed by atoms with E-state index in [0.717, 1.165) is 24.9 Å². The molecule has 3 aliphatic rings. The molecule has 39 heavy (non-hydrogen) atoms. The first-order valence-corrected chi connectivity index (χ1v) is 14.0. The molecule has 1 saturated carbocycles. The highest BCUT2D eigenvalue weighted by atomic mass is 16.5. The van der Waals surface area contributed by atoms with Gasteiger partial charge in [-0.3, -0.25) is 14.4 Å². The number of nitrogens with one attached hydrogen (secondary N) is 2. The first-order chi connectivity index (χ1) is 19.0. The van der Waals surface area contributed by atoms with E-state index < -0.39 is 0 Å². The number of ether oxygens (including phenoxy) is 2. The molecule has 2 heterocycles. The molecule has 2 N–H and O–H groups in total. The maximum atomic E-state index is 13.9. The Bertz CT molecular complexity index is 1170. The summed E-state index contributed by atoms with van der Waals surface area (Å²) in [5, 5.41) is 6.38. The summed E-state index contributed by atoms with van der Waals surface area (Å²) in [6, 6.07) is 15.9. The standard InChI is InChI=1S/C30H38N4O5/c1-38-15-5-14-33-26-17-25(10-11-27(26)39-20-28(33)35)34(24-8-9-24)30(37)23-16-22(18-31-19-23)29(36)32-13-12-21-6-3-2-4-7-21/h2-4,6-7,10-11,17,22-24,31H,5,8-9,12-16,18-20H2,1H3,(H,32,36)/t22-,23+/m0/s1. The Morgan fingerprint density at radius 3 is 2.69 bits per heavy atom. The van der Waals surface area contributed by atoms with Crippen molar-refractivity contribution in [3.63, 3.8) is 0 Å². The van der Waals surface area contributed by atoms with E-state index in [-0.39, 0.29) is 42.2 Å². The highest BCUT2D eigenvalue weighted by Gasteiger charge is 2.40. The van der Waals surface area contributed by atoms with Gasteiger partial charge in [0.05, 0.1) is 17.5 Å². The van der Waals surface area contributed by atoms with Crippen LogP contribution in [0.4, 0.5) is 11.4 Å². The monoisotopic (exact) mass is 534 g/mol. The SMILES string of the molecule is COCCCN1C(=O)COc2ccc(N(C(=O)[C@H]3CNC[C@@H](C(=O)NCCc4ccccc4)C3)C3CC3)cc21. The van der Waals surface area contributed by atoms with Gasteiger partial charge in [0.15, 0.2) is 6.61 Å². The van der Waals surface area contributed by atoms with Crippen molar-refractivity contribution in [3.8, 4) is 5.75 Å². The van der Waals surface area contributed by atoms with Crippen LogP contribution in [0.3, 0.4) is 0 Å². The van der Waals surface area contributed by atoms with Gasteiger partial charge in [-0.15, -0.1) is 0 Å². The van der Waals surface area contributed by atoms with E-state index in [0.29, 0.717) is 57.1 Å². The third-order valence-corrected chi connectivity index (χ3v) is 7.67. The summed E-state index contributed by atoms with van der Waals surface area (Å²) >= 11 is 0. The fourth-order valence-corrected chi connectivity index (χ4v) is 5.45. The Balaban J connectivity index is 1.26. The lowest BCUT2D eigenvalue weighted by Crippen LogP contribution is -2.50. The highest BCUT2D eigenvalue weighted by Crippen LogP contribution is 2.40. The average molecular weight is 535 g/mol. The fourth-order valence-electron chi connectivity index (χ4n) is 5.45. The maximum absolute atomic E-state index is 13.9. The van der Waals surface area contributed by atoms with Gasteiger partial charge in [-0.25, -0.2) is 0 Å². The summed E-state index contributed by atoms with van der Waals surface area (Å²) in [4.78, 5) is 43.1. The first kappa shape index (κ1) is 27.1. The first-order valence-electron chi connectivity index (χ1n) is 14.0. The van der Waals surface area contributed by atoms with Crippen molar-refractivity contribution < 1.29 is 23.9 Å². The van der Waals surface area contributed by atoms with Gasteiger partial charge in [0.25, 0.3) is 5.91 Å². The van der Waals surface area contributed by atoms with Crippen molar-refractivity contribution in [2.24, 2.45) is 11.8 Å². The number of amides is 3. The van der Waals surface area contributed by atoms with Gasteiger partial charge in [-0.2, -0.15) is 0 Å². The number of rotatable bonds is 11. The fraction of sp³-hybridized carbons (Fsp3) is 0.500. The zero-order valence-electron chi connectivity index (χ0n) is 22.6. The molecular formula is C30H38N4O5. The number of benzene rings is 2. The summed E-state index contributed by atoms with van der Waals surface area (Å²) < 4.78 is 10.8. The molecule has 208 valence electrons. The molecule has 0 bridgehead atoms. The van der Waals surface area contributed by atoms with Crippen molar-refractivity contribution in [2.75, 3.05) is 56.3 Å². The van der Waals surface area contributed by atoms with Crippen LogP contribution < -0.4 is 25.2 Å². The molecule has 2 aromatic carbocycles. The van der Waals surface area contributed by atoms with E-state index in [4.69, 9.17) is 9.47 Å². The van der Waals surface area contributed by atoms with Gasteiger partial charge in [0, 0.05) is 51.6 Å². The molecule has 2 fully saturated rings. The number of carbonyl (C=O) groups is 3. The summed E-state index contributed by atoms with van der Waals surface area (Å²) in [6.07, 6.45) is 3.89. The van der Waals surface area contributed by atoms with Crippen LogP contribution in [0.1, 0.15) is 31.2 Å². The number of piperidine rings is 1. The smallest absolute Gasteiger partial charge is 0.265 e. The lowest BCUT2D eigenvalue weighted by Gasteiger charge is -2.34. The van der Waals surface area contributed by atoms with Gasteiger partial charge >= 0.3 is 0 Å². The quantitative estimate of drug-likeness (QED) is 0.430. The van der Waals surface area contributed by atoms with Crippen LogP contribution >= 0.6 is 0 Å². The minimum absolute atomic E-state index is 0.00709. The Hall–Kier alpha value is -3.43. The van der Waals surface area contributed by atoms with Crippen molar-refractivity contribution >= 4 is 29.1 Å². The molecule has 1 saturated heterocycles. The molecule has 9 heteroatoms. The number of hydrogen-bond acceptors (Lipinski definition) is 6. The zero-order chi connectivity index (χ0) is 27.2. The molecule has 5 rings (SSSR count). The van der Waals surface area contributed by atoms with Crippen molar-refractivity contribution in [2.45, 2.75) is 38.1 Å². The predicted octanol–water partition coefficient (Wildman–Crippen LogP) is 2.53. The molecule has 3 amide bonds. The predicted molar refractivity (Wildman–Crippen MR) is 149 cm³/mol. The molecule has 9 nitrogen and oxygen atoms in total. The normalized spacial score (nSPS) is 20.6. The van der Waals surface area contributed by atoms with E-state index in [9.17, 15) is 14.4 Å². The number of hydrogen-bond donors (Lipinski definition) is 2. The summed E-state index contributed by atoms with van der Waals surface area (Å²) in [5.74, 6) is 0.0141. The number of anilines is 2. The third kappa shape index (κ3) is 6.59. The molecular weight excluding hydrogens is 496 g/mol. The van der Waals surface area contributed by atoms with Crippen molar-refractivity contribution in [1.82, 2.24) is 10.6 Å². The Kier molecular flexibility index (Phi) is 8.78. The number of nitrogens with zero attached hydrogens (tertiary/aromatic N) is 2. The maximum Gasteiger partial charge on any atom is 0.265 e.